The fraction of sp³-hybridized carbons (Fsp3) is 0.261. The summed E-state index contributed by atoms with van der Waals surface area (Å²) >= 11 is 0. The van der Waals surface area contributed by atoms with E-state index in [1.54, 1.807) is 30.9 Å². The van der Waals surface area contributed by atoms with Gasteiger partial charge in [-0.2, -0.15) is 4.98 Å². The number of nitrogens with zero attached hydrogens (tertiary/aromatic N) is 2. The Bertz CT molecular complexity index is 1160. The predicted octanol–water partition coefficient (Wildman–Crippen LogP) is 2.33. The van der Waals surface area contributed by atoms with Crippen LogP contribution in [0, 0.1) is 0 Å². The smallest absolute Gasteiger partial charge is 0.349 e. The molecule has 0 bridgehead atoms. The zero-order chi connectivity index (χ0) is 21.8. The van der Waals surface area contributed by atoms with Crippen molar-refractivity contribution in [3.63, 3.8) is 0 Å². The van der Waals surface area contributed by atoms with Crippen LogP contribution in [0.5, 0.6) is 11.5 Å². The Kier molecular flexibility index (Phi) is 5.88. The van der Waals surface area contributed by atoms with Gasteiger partial charge in [0.2, 0.25) is 0 Å². The van der Waals surface area contributed by atoms with E-state index in [4.69, 9.17) is 9.47 Å². The highest BCUT2D eigenvalue weighted by Crippen LogP contribution is 2.38. The maximum Gasteiger partial charge on any atom is 0.349 e. The highest BCUT2D eigenvalue weighted by atomic mass is 16.5. The average molecular weight is 420 g/mol. The molecule has 0 radical (unpaired) electrons. The van der Waals surface area contributed by atoms with E-state index in [1.165, 1.54) is 0 Å². The predicted molar refractivity (Wildman–Crippen MR) is 118 cm³/mol. The summed E-state index contributed by atoms with van der Waals surface area (Å²) in [4.78, 5) is 28.8. The third kappa shape index (κ3) is 4.23. The van der Waals surface area contributed by atoms with E-state index in [-0.39, 0.29) is 11.6 Å². The third-order valence-corrected chi connectivity index (χ3v) is 5.25. The second kappa shape index (κ2) is 8.91. The molecule has 31 heavy (non-hydrogen) atoms. The Labute approximate surface area is 179 Å². The summed E-state index contributed by atoms with van der Waals surface area (Å²) < 4.78 is 12.5. The van der Waals surface area contributed by atoms with Gasteiger partial charge in [0.05, 0.1) is 19.9 Å². The van der Waals surface area contributed by atoms with Crippen LogP contribution in [0.25, 0.3) is 11.3 Å². The lowest BCUT2D eigenvalue weighted by atomic mass is 9.97. The molecule has 0 fully saturated rings. The molecule has 0 saturated carbocycles. The number of aryl methyl sites for hydroxylation is 1. The van der Waals surface area contributed by atoms with Crippen molar-refractivity contribution in [2.75, 3.05) is 32.6 Å². The van der Waals surface area contributed by atoms with E-state index < -0.39 is 0 Å². The molecule has 8 nitrogen and oxygen atoms in total. The van der Waals surface area contributed by atoms with Crippen molar-refractivity contribution >= 4 is 11.7 Å². The lowest BCUT2D eigenvalue weighted by Crippen LogP contribution is -2.31. The van der Waals surface area contributed by atoms with Crippen LogP contribution in [0.2, 0.25) is 0 Å². The van der Waals surface area contributed by atoms with Crippen molar-refractivity contribution in [1.82, 2.24) is 14.9 Å². The summed E-state index contributed by atoms with van der Waals surface area (Å²) in [6, 6.07) is 14.7. The molecule has 160 valence electrons. The topological polar surface area (TPSA) is 94.5 Å². The minimum Gasteiger partial charge on any atom is -0.493 e. The number of benzene rings is 2. The highest BCUT2D eigenvalue weighted by Gasteiger charge is 2.21. The van der Waals surface area contributed by atoms with Crippen LogP contribution in [-0.4, -0.2) is 42.8 Å². The van der Waals surface area contributed by atoms with Gasteiger partial charge >= 0.3 is 5.69 Å². The minimum absolute atomic E-state index is 0.143. The Balaban J connectivity index is 1.50. The van der Waals surface area contributed by atoms with Crippen molar-refractivity contribution < 1.29 is 14.3 Å². The molecule has 0 saturated heterocycles. The lowest BCUT2D eigenvalue weighted by molar-refractivity contribution is 0.0955. The van der Waals surface area contributed by atoms with E-state index in [0.29, 0.717) is 48.9 Å². The van der Waals surface area contributed by atoms with E-state index >= 15 is 0 Å². The van der Waals surface area contributed by atoms with Crippen LogP contribution in [0.4, 0.5) is 5.82 Å². The normalized spacial score (nSPS) is 11.8. The second-order valence-electron chi connectivity index (χ2n) is 7.12. The molecular weight excluding hydrogens is 396 g/mol. The minimum atomic E-state index is -0.311. The second-order valence-corrected chi connectivity index (χ2v) is 7.12. The maximum absolute atomic E-state index is 12.6. The van der Waals surface area contributed by atoms with Crippen molar-refractivity contribution in [2.24, 2.45) is 0 Å². The van der Waals surface area contributed by atoms with Crippen LogP contribution in [-0.2, 0) is 13.0 Å². The number of ether oxygens (including phenoxy) is 2. The van der Waals surface area contributed by atoms with Gasteiger partial charge in [0.25, 0.3) is 5.91 Å². The number of aromatic nitrogens is 2. The van der Waals surface area contributed by atoms with Crippen LogP contribution in [0.1, 0.15) is 15.9 Å². The molecule has 1 aliphatic heterocycles. The molecule has 4 rings (SSSR count). The van der Waals surface area contributed by atoms with Gasteiger partial charge in [-0.25, -0.2) is 4.79 Å². The van der Waals surface area contributed by atoms with Crippen molar-refractivity contribution in [1.29, 1.82) is 0 Å². The number of carbonyl (C=O) groups excluding carboxylic acids is 1. The zero-order valence-corrected chi connectivity index (χ0v) is 17.5. The van der Waals surface area contributed by atoms with Gasteiger partial charge in [-0.15, -0.1) is 0 Å². The first-order valence-electron chi connectivity index (χ1n) is 10.0. The molecule has 0 unspecified atom stereocenters. The number of methoxy groups -OCH3 is 2. The Morgan fingerprint density at radius 1 is 1.06 bits per heavy atom. The molecule has 3 aromatic rings. The number of fused-ring (bicyclic) bond motifs is 3. The lowest BCUT2D eigenvalue weighted by Gasteiger charge is -2.23. The van der Waals surface area contributed by atoms with Crippen molar-refractivity contribution in [3.8, 4) is 22.8 Å². The number of hydrogen-bond donors (Lipinski definition) is 2. The van der Waals surface area contributed by atoms with Gasteiger partial charge in [-0.1, -0.05) is 18.2 Å². The molecule has 2 aromatic carbocycles. The molecule has 0 atom stereocenters. The monoisotopic (exact) mass is 420 g/mol. The summed E-state index contributed by atoms with van der Waals surface area (Å²) in [5.74, 6) is 1.60. The molecule has 1 aliphatic rings. The molecule has 8 heteroatoms. The maximum atomic E-state index is 12.6. The summed E-state index contributed by atoms with van der Waals surface area (Å²) in [6.07, 6.45) is 0.711. The Morgan fingerprint density at radius 2 is 1.81 bits per heavy atom. The number of carbonyl (C=O) groups is 1. The first-order valence-corrected chi connectivity index (χ1v) is 10.0. The van der Waals surface area contributed by atoms with Gasteiger partial charge in [0.15, 0.2) is 11.5 Å². The van der Waals surface area contributed by atoms with Crippen LogP contribution < -0.4 is 25.8 Å². The van der Waals surface area contributed by atoms with Gasteiger partial charge in [-0.3, -0.25) is 9.36 Å². The van der Waals surface area contributed by atoms with Gasteiger partial charge in [-0.05, 0) is 36.2 Å². The summed E-state index contributed by atoms with van der Waals surface area (Å²) in [5.41, 5.74) is 3.08. The number of amides is 1. The Hall–Kier alpha value is -3.81. The molecule has 1 aromatic heterocycles. The largest absolute Gasteiger partial charge is 0.493 e. The molecule has 2 heterocycles. The van der Waals surface area contributed by atoms with Crippen LogP contribution in [0.3, 0.4) is 0 Å². The fourth-order valence-corrected chi connectivity index (χ4v) is 3.69. The molecule has 1 amide bonds. The van der Waals surface area contributed by atoms with Gasteiger partial charge in [0, 0.05) is 36.8 Å². The van der Waals surface area contributed by atoms with Gasteiger partial charge < -0.3 is 20.1 Å². The SMILES string of the molecule is COc1cc2c(cc1OC)-c1cc(NCCNC(=O)c3ccccc3)nc(=O)n1CC2. The molecule has 0 aliphatic carbocycles. The zero-order valence-electron chi connectivity index (χ0n) is 17.5. The number of anilines is 1. The average Bonchev–Trinajstić information content (AvgIpc) is 2.81. The number of rotatable bonds is 7. The van der Waals surface area contributed by atoms with E-state index in [9.17, 15) is 9.59 Å². The highest BCUT2D eigenvalue weighted by molar-refractivity contribution is 5.94. The van der Waals surface area contributed by atoms with Crippen molar-refractivity contribution in [2.45, 2.75) is 13.0 Å². The number of hydrogen-bond acceptors (Lipinski definition) is 6. The first-order chi connectivity index (χ1) is 15.1. The number of nitrogens with one attached hydrogen (secondary N) is 2. The Morgan fingerprint density at radius 3 is 2.55 bits per heavy atom. The van der Waals surface area contributed by atoms with E-state index in [1.807, 2.05) is 36.4 Å². The molecule has 0 spiro atoms. The third-order valence-electron chi connectivity index (χ3n) is 5.25. The first kappa shape index (κ1) is 20.5. The molecular formula is C23H24N4O4. The quantitative estimate of drug-likeness (QED) is 0.570. The van der Waals surface area contributed by atoms with E-state index in [0.717, 1.165) is 16.8 Å². The van der Waals surface area contributed by atoms with Crippen molar-refractivity contribution in [3.05, 3.63) is 70.1 Å². The standard InChI is InChI=1S/C23H24N4O4/c1-30-19-12-16-8-11-27-18(17(16)13-20(19)31-2)14-21(26-23(27)29)24-9-10-25-22(28)15-6-4-3-5-7-15/h3-7,12-14H,8-11H2,1-2H3,(H,25,28)(H,24,26,29). The van der Waals surface area contributed by atoms with Gasteiger partial charge in [0.1, 0.15) is 5.82 Å². The summed E-state index contributed by atoms with van der Waals surface area (Å²) in [5, 5.41) is 5.98. The summed E-state index contributed by atoms with van der Waals surface area (Å²) in [7, 11) is 3.19. The summed E-state index contributed by atoms with van der Waals surface area (Å²) in [6.45, 7) is 1.39. The molecule has 2 N–H and O–H groups in total. The van der Waals surface area contributed by atoms with Crippen LogP contribution in [0.15, 0.2) is 53.3 Å². The van der Waals surface area contributed by atoms with Crippen LogP contribution >= 0.6 is 0 Å². The fourth-order valence-electron chi connectivity index (χ4n) is 3.69. The van der Waals surface area contributed by atoms with E-state index in [2.05, 4.69) is 15.6 Å².